The molecule has 3 nitrogen and oxygen atoms in total. The normalized spacial score (nSPS) is 26.5. The van der Waals surface area contributed by atoms with Crippen LogP contribution in [-0.2, 0) is 0 Å². The van der Waals surface area contributed by atoms with Crippen molar-refractivity contribution in [3.63, 3.8) is 0 Å². The van der Waals surface area contributed by atoms with E-state index in [2.05, 4.69) is 38.7 Å². The molecular formula is C17H23BrN2O. The van der Waals surface area contributed by atoms with Crippen molar-refractivity contribution in [2.24, 2.45) is 0 Å². The van der Waals surface area contributed by atoms with E-state index < -0.39 is 0 Å². The number of piperidine rings is 1. The van der Waals surface area contributed by atoms with E-state index in [1.807, 2.05) is 12.1 Å². The van der Waals surface area contributed by atoms with Crippen molar-refractivity contribution in [3.05, 3.63) is 28.2 Å². The first-order valence-corrected chi connectivity index (χ1v) is 8.66. The zero-order chi connectivity index (χ0) is 15.0. The molecule has 114 valence electrons. The molecule has 0 saturated carbocycles. The largest absolute Gasteiger partial charge is 0.365 e. The average molecular weight is 351 g/mol. The predicted molar refractivity (Wildman–Crippen MR) is 90.2 cm³/mol. The van der Waals surface area contributed by atoms with E-state index in [4.69, 9.17) is 0 Å². The minimum Gasteiger partial charge on any atom is -0.365 e. The van der Waals surface area contributed by atoms with Gasteiger partial charge < -0.3 is 4.90 Å². The summed E-state index contributed by atoms with van der Waals surface area (Å²) in [5, 5.41) is 0. The number of anilines is 1. The van der Waals surface area contributed by atoms with Crippen LogP contribution in [0.2, 0.25) is 0 Å². The van der Waals surface area contributed by atoms with Crippen LogP contribution in [0.4, 0.5) is 5.69 Å². The quantitative estimate of drug-likeness (QED) is 0.759. The van der Waals surface area contributed by atoms with Gasteiger partial charge in [0.1, 0.15) is 0 Å². The summed E-state index contributed by atoms with van der Waals surface area (Å²) in [6, 6.07) is 7.20. The van der Waals surface area contributed by atoms with Crippen molar-refractivity contribution in [2.75, 3.05) is 24.5 Å². The number of ketones is 1. The Bertz CT molecular complexity index is 546. The van der Waals surface area contributed by atoms with E-state index in [1.165, 1.54) is 25.8 Å². The van der Waals surface area contributed by atoms with Crippen molar-refractivity contribution in [1.82, 2.24) is 4.90 Å². The van der Waals surface area contributed by atoms with Crippen LogP contribution in [0.15, 0.2) is 22.7 Å². The number of hydrogen-bond donors (Lipinski definition) is 0. The summed E-state index contributed by atoms with van der Waals surface area (Å²) >= 11 is 3.48. The molecule has 2 aliphatic rings. The second kappa shape index (κ2) is 6.09. The van der Waals surface area contributed by atoms with Gasteiger partial charge in [-0.2, -0.15) is 0 Å². The van der Waals surface area contributed by atoms with Gasteiger partial charge in [0.25, 0.3) is 0 Å². The molecule has 4 heteroatoms. The van der Waals surface area contributed by atoms with Crippen LogP contribution in [0.3, 0.4) is 0 Å². The minimum atomic E-state index is 0.143. The SMILES string of the molecule is CC(=O)c1cc(Br)ccc1N1CC2CCCCN2CC1C. The fraction of sp³-hybridized carbons (Fsp3) is 0.588. The van der Waals surface area contributed by atoms with Crippen molar-refractivity contribution < 1.29 is 4.79 Å². The third-order valence-corrected chi connectivity index (χ3v) is 5.33. The van der Waals surface area contributed by atoms with Gasteiger partial charge >= 0.3 is 0 Å². The Kier molecular flexibility index (Phi) is 4.36. The summed E-state index contributed by atoms with van der Waals surface area (Å²) in [7, 11) is 0. The molecule has 1 aromatic rings. The molecular weight excluding hydrogens is 328 g/mol. The molecule has 0 amide bonds. The lowest BCUT2D eigenvalue weighted by atomic mass is 9.95. The number of carbonyl (C=O) groups is 1. The molecule has 21 heavy (non-hydrogen) atoms. The highest BCUT2D eigenvalue weighted by Gasteiger charge is 2.34. The number of rotatable bonds is 2. The molecule has 0 aromatic heterocycles. The molecule has 2 aliphatic heterocycles. The fourth-order valence-corrected chi connectivity index (χ4v) is 4.09. The number of fused-ring (bicyclic) bond motifs is 1. The topological polar surface area (TPSA) is 23.6 Å². The van der Waals surface area contributed by atoms with Crippen LogP contribution in [0, 0.1) is 0 Å². The van der Waals surface area contributed by atoms with Crippen LogP contribution in [0.25, 0.3) is 0 Å². The minimum absolute atomic E-state index is 0.143. The van der Waals surface area contributed by atoms with Crippen molar-refractivity contribution >= 4 is 27.4 Å². The smallest absolute Gasteiger partial charge is 0.161 e. The first-order valence-electron chi connectivity index (χ1n) is 7.87. The Balaban J connectivity index is 1.91. The molecule has 2 heterocycles. The lowest BCUT2D eigenvalue weighted by molar-refractivity contribution is 0.101. The zero-order valence-electron chi connectivity index (χ0n) is 12.8. The van der Waals surface area contributed by atoms with Gasteiger partial charge in [0.15, 0.2) is 5.78 Å². The number of carbonyl (C=O) groups excluding carboxylic acids is 1. The predicted octanol–water partition coefficient (Wildman–Crippen LogP) is 3.71. The van der Waals surface area contributed by atoms with Crippen molar-refractivity contribution in [1.29, 1.82) is 0 Å². The average Bonchev–Trinajstić information content (AvgIpc) is 2.46. The maximum atomic E-state index is 12.0. The summed E-state index contributed by atoms with van der Waals surface area (Å²) in [4.78, 5) is 17.1. The molecule has 0 spiro atoms. The lowest BCUT2D eigenvalue weighted by Gasteiger charge is -2.48. The molecule has 0 bridgehead atoms. The Morgan fingerprint density at radius 3 is 2.86 bits per heavy atom. The van der Waals surface area contributed by atoms with Gasteiger partial charge in [0.05, 0.1) is 0 Å². The molecule has 3 rings (SSSR count). The van der Waals surface area contributed by atoms with Crippen LogP contribution < -0.4 is 4.90 Å². The van der Waals surface area contributed by atoms with Crippen LogP contribution in [0.5, 0.6) is 0 Å². The summed E-state index contributed by atoms with van der Waals surface area (Å²) in [5.74, 6) is 0.143. The Morgan fingerprint density at radius 2 is 2.10 bits per heavy atom. The highest BCUT2D eigenvalue weighted by Crippen LogP contribution is 2.32. The Labute approximate surface area is 135 Å². The highest BCUT2D eigenvalue weighted by atomic mass is 79.9. The molecule has 2 atom stereocenters. The van der Waals surface area contributed by atoms with Crippen LogP contribution >= 0.6 is 15.9 Å². The van der Waals surface area contributed by atoms with Gasteiger partial charge in [-0.15, -0.1) is 0 Å². The monoisotopic (exact) mass is 350 g/mol. The first-order chi connectivity index (χ1) is 10.1. The van der Waals surface area contributed by atoms with E-state index >= 15 is 0 Å². The molecule has 0 radical (unpaired) electrons. The number of nitrogens with zero attached hydrogens (tertiary/aromatic N) is 2. The van der Waals surface area contributed by atoms with Crippen molar-refractivity contribution in [3.8, 4) is 0 Å². The maximum absolute atomic E-state index is 12.0. The number of Topliss-reactive ketones (excluding diaryl/α,β-unsaturated/α-hetero) is 1. The van der Waals surface area contributed by atoms with Gasteiger partial charge in [-0.05, 0) is 51.4 Å². The van der Waals surface area contributed by atoms with Gasteiger partial charge in [-0.25, -0.2) is 0 Å². The number of piperazine rings is 1. The van der Waals surface area contributed by atoms with E-state index in [9.17, 15) is 4.79 Å². The molecule has 2 fully saturated rings. The van der Waals surface area contributed by atoms with E-state index in [1.54, 1.807) is 6.92 Å². The number of benzene rings is 1. The zero-order valence-corrected chi connectivity index (χ0v) is 14.4. The standard InChI is InChI=1S/C17H23BrN2O/c1-12-10-19-8-4-3-5-15(19)11-20(12)17-7-6-14(18)9-16(17)13(2)21/h6-7,9,12,15H,3-5,8,10-11H2,1-2H3. The van der Waals surface area contributed by atoms with E-state index in [0.29, 0.717) is 12.1 Å². The molecule has 1 aromatic carbocycles. The highest BCUT2D eigenvalue weighted by molar-refractivity contribution is 9.10. The van der Waals surface area contributed by atoms with E-state index in [0.717, 1.165) is 28.8 Å². The number of halogens is 1. The molecule has 0 N–H and O–H groups in total. The second-order valence-electron chi connectivity index (χ2n) is 6.36. The lowest BCUT2D eigenvalue weighted by Crippen LogP contribution is -2.59. The molecule has 0 aliphatic carbocycles. The molecule has 2 saturated heterocycles. The van der Waals surface area contributed by atoms with Crippen LogP contribution in [-0.4, -0.2) is 42.4 Å². The van der Waals surface area contributed by atoms with Gasteiger partial charge in [-0.1, -0.05) is 22.4 Å². The van der Waals surface area contributed by atoms with Crippen molar-refractivity contribution in [2.45, 2.75) is 45.2 Å². The number of hydrogen-bond acceptors (Lipinski definition) is 3. The maximum Gasteiger partial charge on any atom is 0.161 e. The Morgan fingerprint density at radius 1 is 1.29 bits per heavy atom. The summed E-state index contributed by atoms with van der Waals surface area (Å²) in [6.07, 6.45) is 3.96. The third kappa shape index (κ3) is 3.02. The Hall–Kier alpha value is -0.870. The summed E-state index contributed by atoms with van der Waals surface area (Å²) in [6.45, 7) is 7.33. The van der Waals surface area contributed by atoms with Crippen LogP contribution in [0.1, 0.15) is 43.5 Å². The second-order valence-corrected chi connectivity index (χ2v) is 7.28. The van der Waals surface area contributed by atoms with Gasteiger partial charge in [-0.3, -0.25) is 9.69 Å². The third-order valence-electron chi connectivity index (χ3n) is 4.83. The first kappa shape index (κ1) is 15.0. The summed E-state index contributed by atoms with van der Waals surface area (Å²) < 4.78 is 0.973. The molecule has 2 unspecified atom stereocenters. The summed E-state index contributed by atoms with van der Waals surface area (Å²) in [5.41, 5.74) is 1.93. The van der Waals surface area contributed by atoms with Gasteiger partial charge in [0.2, 0.25) is 0 Å². The van der Waals surface area contributed by atoms with Gasteiger partial charge in [0, 0.05) is 40.9 Å². The fourth-order valence-electron chi connectivity index (χ4n) is 3.73. The van der Waals surface area contributed by atoms with E-state index in [-0.39, 0.29) is 5.78 Å².